The number of nitrogens with zero attached hydrogens (tertiary/aromatic N) is 2. The fourth-order valence-electron chi connectivity index (χ4n) is 1.52. The second-order valence-electron chi connectivity index (χ2n) is 4.09. The smallest absolute Gasteiger partial charge is 0.243 e. The molecule has 0 aromatic carbocycles. The maximum Gasteiger partial charge on any atom is 0.243 e. The van der Waals surface area contributed by atoms with E-state index in [0.717, 1.165) is 31.0 Å². The molecule has 0 bridgehead atoms. The van der Waals surface area contributed by atoms with Crippen molar-refractivity contribution in [3.05, 3.63) is 11.7 Å². The Morgan fingerprint density at radius 3 is 3.00 bits per heavy atom. The third kappa shape index (κ3) is 2.32. The molecule has 1 aromatic rings. The van der Waals surface area contributed by atoms with Crippen LogP contribution in [0, 0.1) is 5.92 Å². The number of rotatable bonds is 5. The van der Waals surface area contributed by atoms with Gasteiger partial charge in [-0.05, 0) is 25.2 Å². The summed E-state index contributed by atoms with van der Waals surface area (Å²) in [7, 11) is 0. The highest BCUT2D eigenvalue weighted by Gasteiger charge is 2.24. The van der Waals surface area contributed by atoms with Gasteiger partial charge in [-0.15, -0.1) is 0 Å². The molecule has 1 saturated carbocycles. The molecule has 0 amide bonds. The van der Waals surface area contributed by atoms with Crippen LogP contribution in [-0.2, 0) is 6.42 Å². The van der Waals surface area contributed by atoms with Crippen molar-refractivity contribution in [3.8, 4) is 0 Å². The normalized spacial score (nSPS) is 18.4. The van der Waals surface area contributed by atoms with Gasteiger partial charge in [0, 0.05) is 6.42 Å². The molecule has 1 aliphatic carbocycles. The van der Waals surface area contributed by atoms with Crippen molar-refractivity contribution in [2.75, 3.05) is 0 Å². The summed E-state index contributed by atoms with van der Waals surface area (Å²) < 4.78 is 5.12. The predicted molar refractivity (Wildman–Crippen MR) is 52.6 cm³/mol. The van der Waals surface area contributed by atoms with Crippen molar-refractivity contribution in [1.29, 1.82) is 0 Å². The molecule has 0 radical (unpaired) electrons. The molecular formula is C10H17N3O. The van der Waals surface area contributed by atoms with Crippen molar-refractivity contribution < 1.29 is 4.52 Å². The first-order valence-corrected chi connectivity index (χ1v) is 5.37. The number of nitrogens with two attached hydrogens (primary N) is 1. The number of aromatic nitrogens is 2. The Kier molecular flexibility index (Phi) is 2.82. The molecule has 0 spiro atoms. The SMILES string of the molecule is CCCC(N)c1nc(CC2CC2)no1. The summed E-state index contributed by atoms with van der Waals surface area (Å²) in [4.78, 5) is 4.31. The van der Waals surface area contributed by atoms with Crippen LogP contribution in [0.15, 0.2) is 4.52 Å². The van der Waals surface area contributed by atoms with E-state index in [1.165, 1.54) is 12.8 Å². The average Bonchev–Trinajstić information content (AvgIpc) is 2.82. The first kappa shape index (κ1) is 9.65. The summed E-state index contributed by atoms with van der Waals surface area (Å²) in [6.07, 6.45) is 5.53. The zero-order chi connectivity index (χ0) is 9.97. The van der Waals surface area contributed by atoms with Crippen LogP contribution in [0.25, 0.3) is 0 Å². The van der Waals surface area contributed by atoms with E-state index in [4.69, 9.17) is 10.3 Å². The van der Waals surface area contributed by atoms with E-state index in [2.05, 4.69) is 17.1 Å². The standard InChI is InChI=1S/C10H17N3O/c1-2-3-8(11)10-12-9(13-14-10)6-7-4-5-7/h7-8H,2-6,11H2,1H3. The lowest BCUT2D eigenvalue weighted by Gasteiger charge is -2.01. The van der Waals surface area contributed by atoms with Gasteiger partial charge in [0.05, 0.1) is 6.04 Å². The zero-order valence-corrected chi connectivity index (χ0v) is 8.57. The van der Waals surface area contributed by atoms with Crippen molar-refractivity contribution in [2.45, 2.75) is 45.1 Å². The maximum absolute atomic E-state index is 5.87. The third-order valence-corrected chi connectivity index (χ3v) is 2.57. The fraction of sp³-hybridized carbons (Fsp3) is 0.800. The Balaban J connectivity index is 1.93. The van der Waals surface area contributed by atoms with Crippen LogP contribution in [0.5, 0.6) is 0 Å². The first-order chi connectivity index (χ1) is 6.79. The van der Waals surface area contributed by atoms with Crippen LogP contribution in [0.3, 0.4) is 0 Å². The molecule has 4 heteroatoms. The van der Waals surface area contributed by atoms with Gasteiger partial charge in [0.15, 0.2) is 5.82 Å². The molecular weight excluding hydrogens is 178 g/mol. The van der Waals surface area contributed by atoms with Gasteiger partial charge in [-0.2, -0.15) is 4.98 Å². The van der Waals surface area contributed by atoms with Crippen molar-refractivity contribution in [3.63, 3.8) is 0 Å². The molecule has 1 unspecified atom stereocenters. The molecule has 1 aliphatic rings. The first-order valence-electron chi connectivity index (χ1n) is 5.37. The lowest BCUT2D eigenvalue weighted by molar-refractivity contribution is 0.344. The Bertz CT molecular complexity index is 293. The second kappa shape index (κ2) is 4.09. The largest absolute Gasteiger partial charge is 0.338 e. The summed E-state index contributed by atoms with van der Waals surface area (Å²) in [6.45, 7) is 2.10. The van der Waals surface area contributed by atoms with Crippen LogP contribution in [-0.4, -0.2) is 10.1 Å². The molecule has 2 N–H and O–H groups in total. The van der Waals surface area contributed by atoms with Gasteiger partial charge in [0.2, 0.25) is 5.89 Å². The van der Waals surface area contributed by atoms with Crippen molar-refractivity contribution in [2.24, 2.45) is 11.7 Å². The number of hydrogen-bond acceptors (Lipinski definition) is 4. The summed E-state index contributed by atoms with van der Waals surface area (Å²) >= 11 is 0. The lowest BCUT2D eigenvalue weighted by Crippen LogP contribution is -2.10. The Morgan fingerprint density at radius 1 is 1.57 bits per heavy atom. The minimum atomic E-state index is -0.0829. The van der Waals surface area contributed by atoms with Crippen molar-refractivity contribution in [1.82, 2.24) is 10.1 Å². The molecule has 1 atom stereocenters. The number of hydrogen-bond donors (Lipinski definition) is 1. The molecule has 14 heavy (non-hydrogen) atoms. The maximum atomic E-state index is 5.87. The van der Waals surface area contributed by atoms with E-state index >= 15 is 0 Å². The predicted octanol–water partition coefficient (Wildman–Crippen LogP) is 1.82. The fourth-order valence-corrected chi connectivity index (χ4v) is 1.52. The molecule has 4 nitrogen and oxygen atoms in total. The van der Waals surface area contributed by atoms with E-state index in [0.29, 0.717) is 5.89 Å². The van der Waals surface area contributed by atoms with E-state index in [-0.39, 0.29) is 6.04 Å². The van der Waals surface area contributed by atoms with E-state index in [1.807, 2.05) is 0 Å². The van der Waals surface area contributed by atoms with Crippen LogP contribution in [0.2, 0.25) is 0 Å². The molecule has 0 aliphatic heterocycles. The van der Waals surface area contributed by atoms with Gasteiger partial charge < -0.3 is 10.3 Å². The molecule has 1 fully saturated rings. The minimum absolute atomic E-state index is 0.0829. The highest BCUT2D eigenvalue weighted by molar-refractivity contribution is 4.95. The van der Waals surface area contributed by atoms with Gasteiger partial charge in [-0.1, -0.05) is 18.5 Å². The summed E-state index contributed by atoms with van der Waals surface area (Å²) in [5, 5.41) is 3.93. The Labute approximate surface area is 83.9 Å². The van der Waals surface area contributed by atoms with E-state index < -0.39 is 0 Å². The van der Waals surface area contributed by atoms with E-state index in [9.17, 15) is 0 Å². The molecule has 1 aromatic heterocycles. The van der Waals surface area contributed by atoms with Crippen LogP contribution < -0.4 is 5.73 Å². The summed E-state index contributed by atoms with van der Waals surface area (Å²) in [6, 6.07) is -0.0829. The van der Waals surface area contributed by atoms with Gasteiger partial charge >= 0.3 is 0 Å². The van der Waals surface area contributed by atoms with Gasteiger partial charge in [0.1, 0.15) is 0 Å². The van der Waals surface area contributed by atoms with E-state index in [1.54, 1.807) is 0 Å². The molecule has 2 rings (SSSR count). The zero-order valence-electron chi connectivity index (χ0n) is 8.57. The molecule has 0 saturated heterocycles. The second-order valence-corrected chi connectivity index (χ2v) is 4.09. The van der Waals surface area contributed by atoms with Crippen LogP contribution in [0.1, 0.15) is 50.4 Å². The van der Waals surface area contributed by atoms with Gasteiger partial charge in [-0.3, -0.25) is 0 Å². The minimum Gasteiger partial charge on any atom is -0.338 e. The Morgan fingerprint density at radius 2 is 2.36 bits per heavy atom. The quantitative estimate of drug-likeness (QED) is 0.778. The average molecular weight is 195 g/mol. The molecule has 78 valence electrons. The Hall–Kier alpha value is -0.900. The third-order valence-electron chi connectivity index (χ3n) is 2.57. The van der Waals surface area contributed by atoms with Gasteiger partial charge in [-0.25, -0.2) is 0 Å². The highest BCUT2D eigenvalue weighted by atomic mass is 16.5. The highest BCUT2D eigenvalue weighted by Crippen LogP contribution is 2.31. The monoisotopic (exact) mass is 195 g/mol. The summed E-state index contributed by atoms with van der Waals surface area (Å²) in [5.41, 5.74) is 5.87. The topological polar surface area (TPSA) is 64.9 Å². The lowest BCUT2D eigenvalue weighted by atomic mass is 10.2. The van der Waals surface area contributed by atoms with Crippen LogP contribution in [0.4, 0.5) is 0 Å². The summed E-state index contributed by atoms with van der Waals surface area (Å²) in [5.74, 6) is 2.22. The van der Waals surface area contributed by atoms with Gasteiger partial charge in [0.25, 0.3) is 0 Å². The van der Waals surface area contributed by atoms with Crippen LogP contribution >= 0.6 is 0 Å². The van der Waals surface area contributed by atoms with Crippen molar-refractivity contribution >= 4 is 0 Å². The molecule has 1 heterocycles.